The van der Waals surface area contributed by atoms with Crippen LogP contribution in [0, 0.1) is 0 Å². The average molecular weight is 220 g/mol. The monoisotopic (exact) mass is 220 g/mol. The molecule has 0 amide bonds. The minimum absolute atomic E-state index is 0.596. The highest BCUT2D eigenvalue weighted by Gasteiger charge is 2.19. The molecular formula is C13H20N2O. The molecule has 1 aromatic rings. The zero-order valence-electron chi connectivity index (χ0n) is 10.1. The largest absolute Gasteiger partial charge is 0.495 e. The lowest BCUT2D eigenvalue weighted by Gasteiger charge is -2.35. The summed E-state index contributed by atoms with van der Waals surface area (Å²) < 4.78 is 5.41. The topological polar surface area (TPSA) is 24.5 Å². The van der Waals surface area contributed by atoms with Crippen molar-refractivity contribution in [2.45, 2.75) is 19.4 Å². The second-order valence-corrected chi connectivity index (χ2v) is 4.18. The van der Waals surface area contributed by atoms with Crippen molar-refractivity contribution in [3.63, 3.8) is 0 Å². The third-order valence-corrected chi connectivity index (χ3v) is 3.17. The van der Waals surface area contributed by atoms with Crippen LogP contribution in [0.1, 0.15) is 13.3 Å². The van der Waals surface area contributed by atoms with E-state index in [4.69, 9.17) is 4.74 Å². The summed E-state index contributed by atoms with van der Waals surface area (Å²) in [6, 6.07) is 8.84. The van der Waals surface area contributed by atoms with E-state index in [1.165, 1.54) is 12.1 Å². The summed E-state index contributed by atoms with van der Waals surface area (Å²) in [5.41, 5.74) is 1.21. The molecule has 0 spiro atoms. The summed E-state index contributed by atoms with van der Waals surface area (Å²) in [6.07, 6.45) is 1.17. The van der Waals surface area contributed by atoms with Crippen molar-refractivity contribution in [1.82, 2.24) is 5.32 Å². The van der Waals surface area contributed by atoms with Gasteiger partial charge < -0.3 is 15.0 Å². The van der Waals surface area contributed by atoms with Gasteiger partial charge in [-0.1, -0.05) is 19.1 Å². The minimum atomic E-state index is 0.596. The van der Waals surface area contributed by atoms with Crippen LogP contribution in [-0.2, 0) is 0 Å². The van der Waals surface area contributed by atoms with E-state index in [1.54, 1.807) is 7.11 Å². The fraction of sp³-hybridized carbons (Fsp3) is 0.538. The quantitative estimate of drug-likeness (QED) is 0.842. The van der Waals surface area contributed by atoms with E-state index in [9.17, 15) is 0 Å². The van der Waals surface area contributed by atoms with Crippen molar-refractivity contribution in [3.05, 3.63) is 24.3 Å². The number of piperazine rings is 1. The molecule has 3 heteroatoms. The smallest absolute Gasteiger partial charge is 0.142 e. The first-order chi connectivity index (χ1) is 7.85. The Balaban J connectivity index is 2.16. The van der Waals surface area contributed by atoms with Crippen molar-refractivity contribution >= 4 is 5.69 Å². The Morgan fingerprint density at radius 3 is 3.00 bits per heavy atom. The number of hydrogen-bond donors (Lipinski definition) is 1. The molecule has 1 aliphatic heterocycles. The van der Waals surface area contributed by atoms with E-state index in [1.807, 2.05) is 12.1 Å². The predicted molar refractivity (Wildman–Crippen MR) is 67.3 cm³/mol. The van der Waals surface area contributed by atoms with Gasteiger partial charge in [-0.2, -0.15) is 0 Å². The maximum Gasteiger partial charge on any atom is 0.142 e. The van der Waals surface area contributed by atoms with Crippen molar-refractivity contribution in [2.75, 3.05) is 31.6 Å². The molecule has 0 saturated carbocycles. The van der Waals surface area contributed by atoms with Crippen LogP contribution in [0.3, 0.4) is 0 Å². The summed E-state index contributed by atoms with van der Waals surface area (Å²) in [7, 11) is 1.73. The Morgan fingerprint density at radius 1 is 1.44 bits per heavy atom. The van der Waals surface area contributed by atoms with Gasteiger partial charge in [-0.3, -0.25) is 0 Å². The van der Waals surface area contributed by atoms with Crippen LogP contribution in [-0.4, -0.2) is 32.8 Å². The zero-order chi connectivity index (χ0) is 11.4. The highest BCUT2D eigenvalue weighted by molar-refractivity contribution is 5.58. The maximum absolute atomic E-state index is 5.41. The average Bonchev–Trinajstić information content (AvgIpc) is 2.38. The van der Waals surface area contributed by atoms with Gasteiger partial charge in [0.25, 0.3) is 0 Å². The molecule has 1 heterocycles. The van der Waals surface area contributed by atoms with E-state index in [0.29, 0.717) is 6.04 Å². The van der Waals surface area contributed by atoms with Crippen LogP contribution in [0.5, 0.6) is 5.75 Å². The lowest BCUT2D eigenvalue weighted by Crippen LogP contribution is -2.50. The molecule has 1 N–H and O–H groups in total. The third kappa shape index (κ3) is 2.30. The number of nitrogens with zero attached hydrogens (tertiary/aromatic N) is 1. The fourth-order valence-electron chi connectivity index (χ4n) is 2.21. The van der Waals surface area contributed by atoms with Crippen molar-refractivity contribution in [3.8, 4) is 5.75 Å². The Bertz CT molecular complexity index is 340. The Kier molecular flexibility index (Phi) is 3.67. The number of rotatable bonds is 3. The van der Waals surface area contributed by atoms with Crippen molar-refractivity contribution in [1.29, 1.82) is 0 Å². The minimum Gasteiger partial charge on any atom is -0.495 e. The first kappa shape index (κ1) is 11.3. The van der Waals surface area contributed by atoms with E-state index in [0.717, 1.165) is 25.4 Å². The Labute approximate surface area is 97.4 Å². The third-order valence-electron chi connectivity index (χ3n) is 3.17. The van der Waals surface area contributed by atoms with Crippen LogP contribution in [0.2, 0.25) is 0 Å². The molecule has 1 saturated heterocycles. The summed E-state index contributed by atoms with van der Waals surface area (Å²) in [5.74, 6) is 0.972. The van der Waals surface area contributed by atoms with Gasteiger partial charge in [0.15, 0.2) is 0 Å². The van der Waals surface area contributed by atoms with E-state index >= 15 is 0 Å². The van der Waals surface area contributed by atoms with Gasteiger partial charge in [0, 0.05) is 25.7 Å². The molecule has 1 aromatic carbocycles. The number of para-hydroxylation sites is 2. The maximum atomic E-state index is 5.41. The summed E-state index contributed by atoms with van der Waals surface area (Å²) in [4.78, 5) is 2.41. The van der Waals surface area contributed by atoms with E-state index in [2.05, 4.69) is 29.3 Å². The number of nitrogens with one attached hydrogen (secondary N) is 1. The molecule has 16 heavy (non-hydrogen) atoms. The van der Waals surface area contributed by atoms with Gasteiger partial charge in [0.2, 0.25) is 0 Å². The molecule has 1 atom stereocenters. The molecular weight excluding hydrogens is 200 g/mol. The second kappa shape index (κ2) is 5.21. The lowest BCUT2D eigenvalue weighted by molar-refractivity contribution is 0.406. The van der Waals surface area contributed by atoms with Crippen molar-refractivity contribution in [2.24, 2.45) is 0 Å². The SMILES string of the molecule is CCC1CN(c2ccccc2OC)CCN1. The van der Waals surface area contributed by atoms with Gasteiger partial charge in [0.05, 0.1) is 12.8 Å². The normalized spacial score (nSPS) is 20.9. The molecule has 2 rings (SSSR count). The van der Waals surface area contributed by atoms with Gasteiger partial charge in [-0.25, -0.2) is 0 Å². The summed E-state index contributed by atoms with van der Waals surface area (Å²) >= 11 is 0. The summed E-state index contributed by atoms with van der Waals surface area (Å²) in [5, 5.41) is 3.52. The summed E-state index contributed by atoms with van der Waals surface area (Å²) in [6.45, 7) is 5.40. The molecule has 3 nitrogen and oxygen atoms in total. The molecule has 1 unspecified atom stereocenters. The van der Waals surface area contributed by atoms with Crippen LogP contribution in [0.15, 0.2) is 24.3 Å². The Morgan fingerprint density at radius 2 is 2.25 bits per heavy atom. The van der Waals surface area contributed by atoms with Gasteiger partial charge in [0.1, 0.15) is 5.75 Å². The Hall–Kier alpha value is -1.22. The first-order valence-electron chi connectivity index (χ1n) is 5.96. The zero-order valence-corrected chi connectivity index (χ0v) is 10.1. The molecule has 0 radical (unpaired) electrons. The van der Waals surface area contributed by atoms with Crippen LogP contribution in [0.4, 0.5) is 5.69 Å². The van der Waals surface area contributed by atoms with E-state index in [-0.39, 0.29) is 0 Å². The molecule has 1 fully saturated rings. The van der Waals surface area contributed by atoms with Crippen molar-refractivity contribution < 1.29 is 4.74 Å². The number of methoxy groups -OCH3 is 1. The van der Waals surface area contributed by atoms with E-state index < -0.39 is 0 Å². The number of benzene rings is 1. The standard InChI is InChI=1S/C13H20N2O/c1-3-11-10-15(9-8-14-11)12-6-4-5-7-13(12)16-2/h4-7,11,14H,3,8-10H2,1-2H3. The molecule has 0 aliphatic carbocycles. The van der Waals surface area contributed by atoms with Gasteiger partial charge in [-0.15, -0.1) is 0 Å². The second-order valence-electron chi connectivity index (χ2n) is 4.18. The highest BCUT2D eigenvalue weighted by atomic mass is 16.5. The molecule has 0 bridgehead atoms. The van der Waals surface area contributed by atoms with Crippen LogP contribution >= 0.6 is 0 Å². The van der Waals surface area contributed by atoms with Crippen LogP contribution < -0.4 is 15.0 Å². The molecule has 0 aromatic heterocycles. The fourth-order valence-corrected chi connectivity index (χ4v) is 2.21. The highest BCUT2D eigenvalue weighted by Crippen LogP contribution is 2.28. The van der Waals surface area contributed by atoms with Crippen LogP contribution in [0.25, 0.3) is 0 Å². The lowest BCUT2D eigenvalue weighted by atomic mass is 10.1. The van der Waals surface area contributed by atoms with Gasteiger partial charge >= 0.3 is 0 Å². The number of anilines is 1. The molecule has 1 aliphatic rings. The van der Waals surface area contributed by atoms with Gasteiger partial charge in [-0.05, 0) is 18.6 Å². The number of hydrogen-bond acceptors (Lipinski definition) is 3. The first-order valence-corrected chi connectivity index (χ1v) is 5.96. The number of ether oxygens (including phenoxy) is 1. The molecule has 88 valence electrons. The predicted octanol–water partition coefficient (Wildman–Crippen LogP) is 1.88.